The zero-order chi connectivity index (χ0) is 9.84. The highest BCUT2D eigenvalue weighted by Gasteiger charge is 2.26. The van der Waals surface area contributed by atoms with Gasteiger partial charge in [0.2, 0.25) is 0 Å². The molecule has 0 bridgehead atoms. The van der Waals surface area contributed by atoms with Crippen molar-refractivity contribution >= 4 is 34.8 Å². The number of rotatable bonds is 1. The van der Waals surface area contributed by atoms with Gasteiger partial charge in [-0.2, -0.15) is 0 Å². The minimum absolute atomic E-state index is 0.217. The molecule has 1 aliphatic carbocycles. The van der Waals surface area contributed by atoms with E-state index in [2.05, 4.69) is 6.92 Å². The smallest absolute Gasteiger partial charge is 0.0378 e. The molecular weight excluding hydrogens is 226 g/mol. The molecule has 78 valence electrons. The van der Waals surface area contributed by atoms with Gasteiger partial charge < -0.3 is 0 Å². The Morgan fingerprint density at radius 1 is 1.15 bits per heavy atom. The van der Waals surface area contributed by atoms with E-state index in [0.29, 0.717) is 23.1 Å². The number of halogens is 3. The molecule has 0 saturated heterocycles. The third kappa shape index (κ3) is 3.49. The van der Waals surface area contributed by atoms with Gasteiger partial charge in [0.25, 0.3) is 0 Å². The fraction of sp³-hybridized carbons (Fsp3) is 1.00. The molecular formula is C10H17Cl3. The molecule has 0 aromatic carbocycles. The van der Waals surface area contributed by atoms with Crippen molar-refractivity contribution < 1.29 is 0 Å². The van der Waals surface area contributed by atoms with E-state index in [1.807, 2.05) is 0 Å². The summed E-state index contributed by atoms with van der Waals surface area (Å²) in [7, 11) is 0. The second-order valence-electron chi connectivity index (χ2n) is 4.09. The summed E-state index contributed by atoms with van der Waals surface area (Å²) < 4.78 is 0. The monoisotopic (exact) mass is 242 g/mol. The summed E-state index contributed by atoms with van der Waals surface area (Å²) in [6.45, 7) is 2.18. The van der Waals surface area contributed by atoms with Gasteiger partial charge >= 0.3 is 0 Å². The number of hydrogen-bond donors (Lipinski definition) is 0. The third-order valence-electron chi connectivity index (χ3n) is 2.98. The third-order valence-corrected chi connectivity index (χ3v) is 4.56. The van der Waals surface area contributed by atoms with Crippen LogP contribution in [0.3, 0.4) is 0 Å². The zero-order valence-electron chi connectivity index (χ0n) is 7.98. The maximum Gasteiger partial charge on any atom is 0.0378 e. The molecule has 0 aromatic heterocycles. The SMILES string of the molecule is CC1CC(Cl)C(CCl)CCCC1Cl. The van der Waals surface area contributed by atoms with Crippen LogP contribution in [0.1, 0.15) is 32.6 Å². The summed E-state index contributed by atoms with van der Waals surface area (Å²) in [5.41, 5.74) is 0. The Morgan fingerprint density at radius 3 is 2.46 bits per heavy atom. The van der Waals surface area contributed by atoms with E-state index in [0.717, 1.165) is 19.3 Å². The Kier molecular flexibility index (Phi) is 5.22. The van der Waals surface area contributed by atoms with Crippen LogP contribution in [0.2, 0.25) is 0 Å². The van der Waals surface area contributed by atoms with E-state index in [4.69, 9.17) is 34.8 Å². The van der Waals surface area contributed by atoms with Gasteiger partial charge in [0.05, 0.1) is 0 Å². The van der Waals surface area contributed by atoms with Crippen molar-refractivity contribution in [1.82, 2.24) is 0 Å². The minimum Gasteiger partial charge on any atom is -0.126 e. The van der Waals surface area contributed by atoms with Gasteiger partial charge in [-0.15, -0.1) is 34.8 Å². The van der Waals surface area contributed by atoms with E-state index in [1.54, 1.807) is 0 Å². The van der Waals surface area contributed by atoms with Crippen LogP contribution < -0.4 is 0 Å². The van der Waals surface area contributed by atoms with Gasteiger partial charge in [0, 0.05) is 16.6 Å². The van der Waals surface area contributed by atoms with Gasteiger partial charge in [-0.1, -0.05) is 13.3 Å². The zero-order valence-corrected chi connectivity index (χ0v) is 10.2. The first kappa shape index (κ1) is 11.9. The largest absolute Gasteiger partial charge is 0.126 e. The maximum absolute atomic E-state index is 6.28. The van der Waals surface area contributed by atoms with Gasteiger partial charge in [-0.25, -0.2) is 0 Å². The van der Waals surface area contributed by atoms with Gasteiger partial charge in [-0.05, 0) is 31.1 Å². The Hall–Kier alpha value is 0.870. The molecule has 4 unspecified atom stereocenters. The summed E-state index contributed by atoms with van der Waals surface area (Å²) in [6.07, 6.45) is 4.42. The molecule has 3 heteroatoms. The van der Waals surface area contributed by atoms with Crippen molar-refractivity contribution in [1.29, 1.82) is 0 Å². The average molecular weight is 244 g/mol. The molecule has 1 saturated carbocycles. The van der Waals surface area contributed by atoms with E-state index in [9.17, 15) is 0 Å². The summed E-state index contributed by atoms with van der Waals surface area (Å²) >= 11 is 18.4. The predicted molar refractivity (Wildman–Crippen MR) is 61.1 cm³/mol. The van der Waals surface area contributed by atoms with Crippen LogP contribution in [-0.2, 0) is 0 Å². The first-order valence-electron chi connectivity index (χ1n) is 4.99. The first-order chi connectivity index (χ1) is 6.15. The average Bonchev–Trinajstić information content (AvgIpc) is 2.10. The molecule has 0 heterocycles. The Morgan fingerprint density at radius 2 is 1.85 bits per heavy atom. The molecule has 0 aromatic rings. The van der Waals surface area contributed by atoms with E-state index >= 15 is 0 Å². The molecule has 1 fully saturated rings. The van der Waals surface area contributed by atoms with E-state index in [-0.39, 0.29) is 5.38 Å². The van der Waals surface area contributed by atoms with Crippen LogP contribution in [0.5, 0.6) is 0 Å². The molecule has 0 radical (unpaired) electrons. The molecule has 0 amide bonds. The van der Waals surface area contributed by atoms with Gasteiger partial charge in [0.1, 0.15) is 0 Å². The van der Waals surface area contributed by atoms with Crippen molar-refractivity contribution in [2.24, 2.45) is 11.8 Å². The van der Waals surface area contributed by atoms with Crippen molar-refractivity contribution in [3.8, 4) is 0 Å². The van der Waals surface area contributed by atoms with Crippen molar-refractivity contribution in [2.75, 3.05) is 5.88 Å². The highest BCUT2D eigenvalue weighted by molar-refractivity contribution is 6.23. The van der Waals surface area contributed by atoms with Crippen molar-refractivity contribution in [2.45, 2.75) is 43.4 Å². The van der Waals surface area contributed by atoms with Crippen molar-refractivity contribution in [3.63, 3.8) is 0 Å². The summed E-state index contributed by atoms with van der Waals surface area (Å²) in [6, 6.07) is 0. The second-order valence-corrected chi connectivity index (χ2v) is 5.52. The van der Waals surface area contributed by atoms with Crippen molar-refractivity contribution in [3.05, 3.63) is 0 Å². The number of alkyl halides is 3. The lowest BCUT2D eigenvalue weighted by Gasteiger charge is -2.29. The Balaban J connectivity index is 2.51. The van der Waals surface area contributed by atoms with Crippen LogP contribution in [0.15, 0.2) is 0 Å². The van der Waals surface area contributed by atoms with E-state index < -0.39 is 0 Å². The van der Waals surface area contributed by atoms with Gasteiger partial charge in [-0.3, -0.25) is 0 Å². The molecule has 0 spiro atoms. The molecule has 0 aliphatic heterocycles. The second kappa shape index (κ2) is 5.68. The maximum atomic E-state index is 6.28. The lowest BCUT2D eigenvalue weighted by Crippen LogP contribution is -2.26. The molecule has 1 rings (SSSR count). The molecule has 4 atom stereocenters. The van der Waals surface area contributed by atoms with Crippen LogP contribution in [0.25, 0.3) is 0 Å². The first-order valence-corrected chi connectivity index (χ1v) is 6.40. The predicted octanol–water partition coefficient (Wildman–Crippen LogP) is 4.27. The normalized spacial score (nSPS) is 42.5. The molecule has 0 nitrogen and oxygen atoms in total. The van der Waals surface area contributed by atoms with E-state index in [1.165, 1.54) is 6.42 Å². The highest BCUT2D eigenvalue weighted by Crippen LogP contribution is 2.32. The lowest BCUT2D eigenvalue weighted by atomic mass is 9.86. The lowest BCUT2D eigenvalue weighted by molar-refractivity contribution is 0.355. The fourth-order valence-corrected chi connectivity index (χ4v) is 3.12. The highest BCUT2D eigenvalue weighted by atomic mass is 35.5. The van der Waals surface area contributed by atoms with Crippen LogP contribution >= 0.6 is 34.8 Å². The van der Waals surface area contributed by atoms with Crippen LogP contribution in [-0.4, -0.2) is 16.6 Å². The quantitative estimate of drug-likeness (QED) is 0.604. The molecule has 0 N–H and O–H groups in total. The molecule has 13 heavy (non-hydrogen) atoms. The standard InChI is InChI=1S/C10H17Cl3/c1-7-5-10(13)8(6-11)3-2-4-9(7)12/h7-10H,2-6H2,1H3. The van der Waals surface area contributed by atoms with Crippen LogP contribution in [0, 0.1) is 11.8 Å². The Labute approximate surface area is 95.9 Å². The summed E-state index contributed by atoms with van der Waals surface area (Å²) in [5.74, 6) is 1.69. The molecule has 1 aliphatic rings. The van der Waals surface area contributed by atoms with Crippen LogP contribution in [0.4, 0.5) is 0 Å². The fourth-order valence-electron chi connectivity index (χ4n) is 1.91. The van der Waals surface area contributed by atoms with Gasteiger partial charge in [0.15, 0.2) is 0 Å². The summed E-state index contributed by atoms with van der Waals surface area (Å²) in [4.78, 5) is 0. The Bertz CT molecular complexity index is 149. The topological polar surface area (TPSA) is 0 Å². The summed E-state index contributed by atoms with van der Waals surface area (Å²) in [5, 5.41) is 0.520. The minimum atomic E-state index is 0.217. The number of hydrogen-bond acceptors (Lipinski definition) is 0.